The van der Waals surface area contributed by atoms with Crippen LogP contribution >= 0.6 is 0 Å². The minimum absolute atomic E-state index is 0.0488. The molecule has 0 fully saturated rings. The number of amides is 3. The van der Waals surface area contributed by atoms with E-state index in [1.165, 1.54) is 0 Å². The predicted octanol–water partition coefficient (Wildman–Crippen LogP) is 2.98. The Hall–Kier alpha value is -3.19. The number of likely N-dealkylation sites (N-methyl/N-ethyl adjacent to an activating group) is 1. The van der Waals surface area contributed by atoms with Crippen molar-refractivity contribution < 1.29 is 14.4 Å². The van der Waals surface area contributed by atoms with Crippen molar-refractivity contribution >= 4 is 29.1 Å². The molecule has 2 aromatic rings. The van der Waals surface area contributed by atoms with Crippen molar-refractivity contribution in [3.63, 3.8) is 0 Å². The average Bonchev–Trinajstić information content (AvgIpc) is 2.78. The average molecular weight is 437 g/mol. The molecule has 1 aliphatic rings. The molecule has 1 aliphatic heterocycles. The van der Waals surface area contributed by atoms with Crippen LogP contribution in [-0.4, -0.2) is 49.8 Å². The Morgan fingerprint density at radius 2 is 1.75 bits per heavy atom. The number of nitrogens with one attached hydrogen (secondary N) is 2. The van der Waals surface area contributed by atoms with Crippen LogP contribution in [0.1, 0.15) is 37.4 Å². The number of carbonyl (C=O) groups is 3. The number of nitrogens with zero attached hydrogens (tertiary/aromatic N) is 2. The summed E-state index contributed by atoms with van der Waals surface area (Å²) in [4.78, 5) is 41.3. The van der Waals surface area contributed by atoms with Gasteiger partial charge in [0.15, 0.2) is 0 Å². The molecule has 0 aromatic heterocycles. The summed E-state index contributed by atoms with van der Waals surface area (Å²) >= 11 is 0. The van der Waals surface area contributed by atoms with Crippen LogP contribution in [0.5, 0.6) is 0 Å². The second-order valence-electron chi connectivity index (χ2n) is 8.65. The van der Waals surface area contributed by atoms with Crippen molar-refractivity contribution in [2.24, 2.45) is 5.92 Å². The van der Waals surface area contributed by atoms with E-state index in [1.54, 1.807) is 17.0 Å². The first-order valence-electron chi connectivity index (χ1n) is 11.0. The SMILES string of the molecule is CC(C)C(=O)N1CCCc2ccc(NC(=O)C(=O)NCC(c3ccccc3)N(C)C)cc21. The van der Waals surface area contributed by atoms with Crippen LogP contribution in [0.3, 0.4) is 0 Å². The summed E-state index contributed by atoms with van der Waals surface area (Å²) in [5, 5.41) is 5.40. The maximum Gasteiger partial charge on any atom is 0.313 e. The molecule has 7 nitrogen and oxygen atoms in total. The fraction of sp³-hybridized carbons (Fsp3) is 0.400. The summed E-state index contributed by atoms with van der Waals surface area (Å²) in [6, 6.07) is 15.3. The van der Waals surface area contributed by atoms with Crippen molar-refractivity contribution in [2.75, 3.05) is 37.4 Å². The molecule has 0 spiro atoms. The van der Waals surface area contributed by atoms with E-state index in [0.29, 0.717) is 18.8 Å². The lowest BCUT2D eigenvalue weighted by atomic mass is 9.99. The number of hydrogen-bond acceptors (Lipinski definition) is 4. The number of fused-ring (bicyclic) bond motifs is 1. The molecule has 0 aliphatic carbocycles. The second-order valence-corrected chi connectivity index (χ2v) is 8.65. The highest BCUT2D eigenvalue weighted by Crippen LogP contribution is 2.31. The van der Waals surface area contributed by atoms with E-state index in [4.69, 9.17) is 0 Å². The normalized spacial score (nSPS) is 14.1. The fourth-order valence-electron chi connectivity index (χ4n) is 3.92. The Morgan fingerprint density at radius 3 is 2.41 bits per heavy atom. The van der Waals surface area contributed by atoms with Gasteiger partial charge >= 0.3 is 11.8 Å². The molecule has 1 atom stereocenters. The summed E-state index contributed by atoms with van der Waals surface area (Å²) in [7, 11) is 3.86. The van der Waals surface area contributed by atoms with Gasteiger partial charge in [0.2, 0.25) is 5.91 Å². The summed E-state index contributed by atoms with van der Waals surface area (Å²) in [6.45, 7) is 4.73. The first-order valence-corrected chi connectivity index (χ1v) is 11.0. The molecule has 3 amide bonds. The molecular weight excluding hydrogens is 404 g/mol. The van der Waals surface area contributed by atoms with Gasteiger partial charge in [0, 0.05) is 30.4 Å². The van der Waals surface area contributed by atoms with E-state index in [9.17, 15) is 14.4 Å². The molecule has 7 heteroatoms. The Morgan fingerprint density at radius 1 is 1.03 bits per heavy atom. The van der Waals surface area contributed by atoms with Crippen molar-refractivity contribution in [3.8, 4) is 0 Å². The fourth-order valence-corrected chi connectivity index (χ4v) is 3.92. The van der Waals surface area contributed by atoms with Crippen molar-refractivity contribution in [2.45, 2.75) is 32.7 Å². The molecule has 1 heterocycles. The van der Waals surface area contributed by atoms with Gasteiger partial charge < -0.3 is 20.4 Å². The van der Waals surface area contributed by atoms with Gasteiger partial charge in [0.1, 0.15) is 0 Å². The van der Waals surface area contributed by atoms with E-state index < -0.39 is 11.8 Å². The molecular formula is C25H32N4O3. The number of benzene rings is 2. The molecule has 2 N–H and O–H groups in total. The van der Waals surface area contributed by atoms with Crippen LogP contribution in [0.4, 0.5) is 11.4 Å². The summed E-state index contributed by atoms with van der Waals surface area (Å²) in [5.41, 5.74) is 3.44. The van der Waals surface area contributed by atoms with Gasteiger partial charge in [-0.1, -0.05) is 50.2 Å². The molecule has 170 valence electrons. The second kappa shape index (κ2) is 10.4. The molecule has 0 saturated heterocycles. The zero-order chi connectivity index (χ0) is 23.3. The van der Waals surface area contributed by atoms with Crippen molar-refractivity contribution in [1.82, 2.24) is 10.2 Å². The first kappa shape index (κ1) is 23.5. The quantitative estimate of drug-likeness (QED) is 0.682. The monoisotopic (exact) mass is 436 g/mol. The van der Waals surface area contributed by atoms with Crippen LogP contribution in [0.15, 0.2) is 48.5 Å². The zero-order valence-corrected chi connectivity index (χ0v) is 19.2. The third-order valence-electron chi connectivity index (χ3n) is 5.69. The van der Waals surface area contributed by atoms with Crippen LogP contribution in [-0.2, 0) is 20.8 Å². The van der Waals surface area contributed by atoms with E-state index in [2.05, 4.69) is 10.6 Å². The largest absolute Gasteiger partial charge is 0.346 e. The van der Waals surface area contributed by atoms with Gasteiger partial charge in [-0.25, -0.2) is 0 Å². The molecule has 32 heavy (non-hydrogen) atoms. The highest BCUT2D eigenvalue weighted by atomic mass is 16.2. The lowest BCUT2D eigenvalue weighted by Crippen LogP contribution is -2.40. The third-order valence-corrected chi connectivity index (χ3v) is 5.69. The Kier molecular flexibility index (Phi) is 7.64. The topological polar surface area (TPSA) is 81.8 Å². The number of carbonyl (C=O) groups excluding carboxylic acids is 3. The summed E-state index contributed by atoms with van der Waals surface area (Å²) in [5.74, 6) is -1.48. The molecule has 2 aromatic carbocycles. The number of anilines is 2. The minimum Gasteiger partial charge on any atom is -0.346 e. The van der Waals surface area contributed by atoms with Crippen molar-refractivity contribution in [3.05, 3.63) is 59.7 Å². The van der Waals surface area contributed by atoms with Gasteiger partial charge in [0.25, 0.3) is 0 Å². The standard InChI is InChI=1S/C25H32N4O3/c1-17(2)25(32)29-14-8-11-19-12-13-20(15-21(19)29)27-24(31)23(30)26-16-22(28(3)4)18-9-6-5-7-10-18/h5-7,9-10,12-13,15,17,22H,8,11,14,16H2,1-4H3,(H,26,30)(H,27,31). The Bertz CT molecular complexity index is 972. The van der Waals surface area contributed by atoms with Gasteiger partial charge in [-0.05, 0) is 50.2 Å². The van der Waals surface area contributed by atoms with Gasteiger partial charge in [-0.3, -0.25) is 14.4 Å². The Labute approximate surface area is 189 Å². The number of rotatable bonds is 6. The lowest BCUT2D eigenvalue weighted by Gasteiger charge is -2.31. The van der Waals surface area contributed by atoms with Gasteiger partial charge in [-0.2, -0.15) is 0 Å². The van der Waals surface area contributed by atoms with E-state index in [0.717, 1.165) is 29.7 Å². The van der Waals surface area contributed by atoms with E-state index >= 15 is 0 Å². The van der Waals surface area contributed by atoms with Crippen LogP contribution < -0.4 is 15.5 Å². The summed E-state index contributed by atoms with van der Waals surface area (Å²) in [6.07, 6.45) is 1.80. The minimum atomic E-state index is -0.729. The van der Waals surface area contributed by atoms with E-state index in [-0.39, 0.29) is 17.9 Å². The maximum atomic E-state index is 12.6. The zero-order valence-electron chi connectivity index (χ0n) is 19.2. The lowest BCUT2D eigenvalue weighted by molar-refractivity contribution is -0.136. The van der Waals surface area contributed by atoms with Gasteiger partial charge in [0.05, 0.1) is 6.04 Å². The molecule has 0 saturated carbocycles. The Balaban J connectivity index is 1.66. The van der Waals surface area contributed by atoms with Gasteiger partial charge in [-0.15, -0.1) is 0 Å². The number of aryl methyl sites for hydroxylation is 1. The first-order chi connectivity index (χ1) is 15.3. The molecule has 0 radical (unpaired) electrons. The maximum absolute atomic E-state index is 12.6. The van der Waals surface area contributed by atoms with Crippen LogP contribution in [0.25, 0.3) is 0 Å². The third kappa shape index (κ3) is 5.53. The molecule has 3 rings (SSSR count). The number of hydrogen-bond donors (Lipinski definition) is 2. The highest BCUT2D eigenvalue weighted by molar-refractivity contribution is 6.39. The highest BCUT2D eigenvalue weighted by Gasteiger charge is 2.25. The summed E-state index contributed by atoms with van der Waals surface area (Å²) < 4.78 is 0. The van der Waals surface area contributed by atoms with Crippen molar-refractivity contribution in [1.29, 1.82) is 0 Å². The van der Waals surface area contributed by atoms with Crippen LogP contribution in [0, 0.1) is 5.92 Å². The van der Waals surface area contributed by atoms with Crippen LogP contribution in [0.2, 0.25) is 0 Å². The predicted molar refractivity (Wildman–Crippen MR) is 126 cm³/mol. The molecule has 1 unspecified atom stereocenters. The smallest absolute Gasteiger partial charge is 0.313 e. The van der Waals surface area contributed by atoms with E-state index in [1.807, 2.05) is 69.2 Å². The molecule has 0 bridgehead atoms.